The fourth-order valence-electron chi connectivity index (χ4n) is 6.33. The van der Waals surface area contributed by atoms with Crippen LogP contribution in [0.4, 0.5) is 54.4 Å². The molecule has 266 valence electrons. The number of hydrogen-bond acceptors (Lipinski definition) is 6. The van der Waals surface area contributed by atoms with Crippen molar-refractivity contribution >= 4 is 17.6 Å². The van der Waals surface area contributed by atoms with E-state index in [0.29, 0.717) is 21.7 Å². The molecule has 0 bridgehead atoms. The lowest BCUT2D eigenvalue weighted by atomic mass is 9.85. The maximum Gasteiger partial charge on any atom is 0.453 e. The Morgan fingerprint density at radius 3 is 1.98 bits per heavy atom. The van der Waals surface area contributed by atoms with Crippen LogP contribution in [0.1, 0.15) is 60.3 Å². The van der Waals surface area contributed by atoms with Gasteiger partial charge in [0, 0.05) is 50.4 Å². The fraction of sp³-hybridized carbons (Fsp3) is 0.517. The standard InChI is InChI=1S/C29H28F10N8O2/c1-44(20-10-16(27(31,32)33)9-17(11-20)28(34,35)36)26(49)45(2)23-14-46(13-21(23)22-8-5-18(30)12-40-22)24(48)15-3-6-19(7-4-15)47-25(29(37,38)39)41-42-43-47/h5,8-12,15,19,21,23H,3-4,6-7,13-14H2,1-2H3. The van der Waals surface area contributed by atoms with Crippen molar-refractivity contribution in [2.45, 2.75) is 62.2 Å². The summed E-state index contributed by atoms with van der Waals surface area (Å²) >= 11 is 0. The maximum atomic E-state index is 13.7. The first-order valence-electron chi connectivity index (χ1n) is 14.8. The molecule has 1 aromatic carbocycles. The van der Waals surface area contributed by atoms with Gasteiger partial charge in [-0.3, -0.25) is 14.7 Å². The second-order valence-electron chi connectivity index (χ2n) is 12.0. The van der Waals surface area contributed by atoms with Gasteiger partial charge in [-0.15, -0.1) is 5.10 Å². The first kappa shape index (κ1) is 35.8. The van der Waals surface area contributed by atoms with E-state index in [1.807, 2.05) is 0 Å². The Labute approximate surface area is 271 Å². The molecular weight excluding hydrogens is 682 g/mol. The van der Waals surface area contributed by atoms with Crippen LogP contribution >= 0.6 is 0 Å². The summed E-state index contributed by atoms with van der Waals surface area (Å²) in [6.07, 6.45) is -13.5. The SMILES string of the molecule is CN(C(=O)N(C)C1CN(C(=O)C2CCC(n3nnnc3C(F)(F)F)CC2)CC1c1ccc(F)cn1)c1cc(C(F)(F)F)cc(C(F)(F)F)c1. The molecule has 20 heteroatoms. The lowest BCUT2D eigenvalue weighted by Crippen LogP contribution is -2.48. The minimum Gasteiger partial charge on any atom is -0.340 e. The highest BCUT2D eigenvalue weighted by molar-refractivity contribution is 5.92. The van der Waals surface area contributed by atoms with Gasteiger partial charge in [0.1, 0.15) is 5.82 Å². The Morgan fingerprint density at radius 2 is 1.45 bits per heavy atom. The van der Waals surface area contributed by atoms with Crippen molar-refractivity contribution < 1.29 is 53.5 Å². The summed E-state index contributed by atoms with van der Waals surface area (Å²) < 4.78 is 135. The van der Waals surface area contributed by atoms with E-state index >= 15 is 0 Å². The third-order valence-electron chi connectivity index (χ3n) is 8.91. The van der Waals surface area contributed by atoms with Crippen LogP contribution in [-0.2, 0) is 23.3 Å². The normalized spacial score (nSPS) is 21.9. The van der Waals surface area contributed by atoms with Crippen LogP contribution in [-0.4, -0.2) is 80.2 Å². The molecule has 1 saturated carbocycles. The zero-order chi connectivity index (χ0) is 36.1. The van der Waals surface area contributed by atoms with Crippen molar-refractivity contribution in [1.82, 2.24) is 35.0 Å². The van der Waals surface area contributed by atoms with E-state index in [-0.39, 0.29) is 56.4 Å². The van der Waals surface area contributed by atoms with E-state index < -0.39 is 76.9 Å². The number of carbonyl (C=O) groups excluding carboxylic acids is 2. The predicted molar refractivity (Wildman–Crippen MR) is 149 cm³/mol. The Hall–Kier alpha value is -4.52. The molecular formula is C29H28F10N8O2. The number of urea groups is 1. The summed E-state index contributed by atoms with van der Waals surface area (Å²) in [6, 6.07) is 0.592. The molecule has 1 aliphatic carbocycles. The molecule has 0 N–H and O–H groups in total. The van der Waals surface area contributed by atoms with Crippen LogP contribution in [0.15, 0.2) is 36.5 Å². The zero-order valence-electron chi connectivity index (χ0n) is 25.7. The number of anilines is 1. The average molecular weight is 711 g/mol. The van der Waals surface area contributed by atoms with Gasteiger partial charge < -0.3 is 9.80 Å². The van der Waals surface area contributed by atoms with Gasteiger partial charge in [-0.2, -0.15) is 39.5 Å². The Bertz CT molecular complexity index is 1630. The number of likely N-dealkylation sites (tertiary alicyclic amines) is 1. The fourth-order valence-corrected chi connectivity index (χ4v) is 6.33. The maximum absolute atomic E-state index is 13.7. The number of hydrogen-bond donors (Lipinski definition) is 0. The van der Waals surface area contributed by atoms with Crippen molar-refractivity contribution in [3.05, 3.63) is 65.0 Å². The highest BCUT2D eigenvalue weighted by Crippen LogP contribution is 2.40. The van der Waals surface area contributed by atoms with Gasteiger partial charge in [0.15, 0.2) is 0 Å². The average Bonchev–Trinajstić information content (AvgIpc) is 3.72. The smallest absolute Gasteiger partial charge is 0.340 e. The number of tetrazole rings is 1. The Kier molecular flexibility index (Phi) is 9.54. The number of nitrogens with zero attached hydrogens (tertiary/aromatic N) is 8. The predicted octanol–water partition coefficient (Wildman–Crippen LogP) is 6.18. The molecule has 2 unspecified atom stereocenters. The van der Waals surface area contributed by atoms with E-state index in [1.54, 1.807) is 0 Å². The molecule has 2 aromatic heterocycles. The van der Waals surface area contributed by atoms with Crippen molar-refractivity contribution in [3.8, 4) is 0 Å². The van der Waals surface area contributed by atoms with E-state index in [2.05, 4.69) is 20.5 Å². The molecule has 3 aromatic rings. The van der Waals surface area contributed by atoms with Crippen LogP contribution in [0, 0.1) is 11.7 Å². The van der Waals surface area contributed by atoms with Gasteiger partial charge in [-0.05, 0) is 66.4 Å². The minimum atomic E-state index is -5.15. The minimum absolute atomic E-state index is 0.0314. The molecule has 1 aliphatic heterocycles. The summed E-state index contributed by atoms with van der Waals surface area (Å²) in [5, 5.41) is 9.66. The van der Waals surface area contributed by atoms with E-state index in [0.717, 1.165) is 24.2 Å². The first-order valence-corrected chi connectivity index (χ1v) is 14.8. The lowest BCUT2D eigenvalue weighted by molar-refractivity contribution is -0.149. The highest BCUT2D eigenvalue weighted by atomic mass is 19.4. The van der Waals surface area contributed by atoms with Crippen LogP contribution in [0.5, 0.6) is 0 Å². The number of benzene rings is 1. The van der Waals surface area contributed by atoms with Gasteiger partial charge in [0.05, 0.1) is 29.4 Å². The highest BCUT2D eigenvalue weighted by Gasteiger charge is 2.45. The molecule has 3 heterocycles. The van der Waals surface area contributed by atoms with Gasteiger partial charge in [0.25, 0.3) is 5.82 Å². The van der Waals surface area contributed by atoms with Gasteiger partial charge in [0.2, 0.25) is 5.91 Å². The van der Waals surface area contributed by atoms with Crippen LogP contribution < -0.4 is 4.90 Å². The second kappa shape index (κ2) is 13.1. The molecule has 2 aliphatic rings. The van der Waals surface area contributed by atoms with Gasteiger partial charge >= 0.3 is 24.6 Å². The first-order chi connectivity index (χ1) is 22.8. The summed E-state index contributed by atoms with van der Waals surface area (Å²) in [4.78, 5) is 34.5. The summed E-state index contributed by atoms with van der Waals surface area (Å²) in [5.74, 6) is -3.66. The van der Waals surface area contributed by atoms with Crippen molar-refractivity contribution in [2.24, 2.45) is 5.92 Å². The largest absolute Gasteiger partial charge is 0.453 e. The Balaban J connectivity index is 1.36. The summed E-state index contributed by atoms with van der Waals surface area (Å²) in [5.41, 5.74) is -3.65. The van der Waals surface area contributed by atoms with Crippen molar-refractivity contribution in [2.75, 3.05) is 32.1 Å². The van der Waals surface area contributed by atoms with E-state index in [1.165, 1.54) is 18.0 Å². The number of amides is 3. The third kappa shape index (κ3) is 7.56. The number of rotatable bonds is 5. The van der Waals surface area contributed by atoms with Crippen molar-refractivity contribution in [1.29, 1.82) is 0 Å². The molecule has 10 nitrogen and oxygen atoms in total. The van der Waals surface area contributed by atoms with Crippen LogP contribution in [0.2, 0.25) is 0 Å². The van der Waals surface area contributed by atoms with Gasteiger partial charge in [-0.25, -0.2) is 13.9 Å². The zero-order valence-corrected chi connectivity index (χ0v) is 25.7. The van der Waals surface area contributed by atoms with Crippen LogP contribution in [0.3, 0.4) is 0 Å². The molecule has 0 radical (unpaired) electrons. The number of alkyl halides is 9. The van der Waals surface area contributed by atoms with Gasteiger partial charge in [-0.1, -0.05) is 0 Å². The molecule has 0 spiro atoms. The number of likely N-dealkylation sites (N-methyl/N-ethyl adjacent to an activating group) is 1. The molecule has 49 heavy (non-hydrogen) atoms. The second-order valence-corrected chi connectivity index (χ2v) is 12.0. The lowest BCUT2D eigenvalue weighted by Gasteiger charge is -2.33. The number of carbonyl (C=O) groups is 2. The van der Waals surface area contributed by atoms with Crippen LogP contribution in [0.25, 0.3) is 0 Å². The number of halogens is 10. The summed E-state index contributed by atoms with van der Waals surface area (Å²) in [7, 11) is 2.27. The molecule has 5 rings (SSSR count). The summed E-state index contributed by atoms with van der Waals surface area (Å²) in [6.45, 7) is -0.156. The monoisotopic (exact) mass is 710 g/mol. The quantitative estimate of drug-likeness (QED) is 0.294. The molecule has 2 fully saturated rings. The molecule has 3 amide bonds. The number of pyridine rings is 1. The van der Waals surface area contributed by atoms with E-state index in [4.69, 9.17) is 0 Å². The molecule has 2 atom stereocenters. The topological polar surface area (TPSA) is 100 Å². The van der Waals surface area contributed by atoms with E-state index in [9.17, 15) is 53.5 Å². The molecule has 1 saturated heterocycles. The van der Waals surface area contributed by atoms with Crippen molar-refractivity contribution in [3.63, 3.8) is 0 Å². The number of aromatic nitrogens is 5. The third-order valence-corrected chi connectivity index (χ3v) is 8.91. The Morgan fingerprint density at radius 1 is 0.837 bits per heavy atom.